The van der Waals surface area contributed by atoms with Crippen molar-refractivity contribution in [2.75, 3.05) is 33.2 Å². The first kappa shape index (κ1) is 34.5. The Hall–Kier alpha value is -3.32. The van der Waals surface area contributed by atoms with Crippen molar-refractivity contribution in [2.45, 2.75) is 86.5 Å². The molecular weight excluding hydrogens is 633 g/mol. The number of nitrogens with zero attached hydrogens (tertiary/aromatic N) is 3. The molecule has 0 aromatic heterocycles. The summed E-state index contributed by atoms with van der Waals surface area (Å²) < 4.78 is 40.8. The number of carbonyl (C=O) groups excluding carboxylic acids is 2. The number of benzene rings is 2. The Morgan fingerprint density at radius 2 is 1.77 bits per heavy atom. The maximum Gasteiger partial charge on any atom is 0.318 e. The fourth-order valence-electron chi connectivity index (χ4n) is 8.57. The van der Waals surface area contributed by atoms with Gasteiger partial charge in [0, 0.05) is 56.1 Å². The lowest BCUT2D eigenvalue weighted by atomic mass is 9.82. The van der Waals surface area contributed by atoms with Gasteiger partial charge in [-0.05, 0) is 81.0 Å². The summed E-state index contributed by atoms with van der Waals surface area (Å²) in [5, 5.41) is 15.2. The summed E-state index contributed by atoms with van der Waals surface area (Å²) in [4.78, 5) is 33.3. The number of likely N-dealkylation sites (tertiary alicyclic amines) is 1. The first-order valence-corrected chi connectivity index (χ1v) is 18.7. The van der Waals surface area contributed by atoms with Crippen LogP contribution in [0.5, 0.6) is 0 Å². The molecule has 5 atom stereocenters. The van der Waals surface area contributed by atoms with Crippen LogP contribution in [0.3, 0.4) is 0 Å². The van der Waals surface area contributed by atoms with E-state index < -0.39 is 21.4 Å². The number of nitrogens with one attached hydrogen (secondary N) is 2. The zero-order valence-electron chi connectivity index (χ0n) is 27.7. The van der Waals surface area contributed by atoms with Gasteiger partial charge >= 0.3 is 6.03 Å². The number of hydrogen-bond acceptors (Lipinski definition) is 6. The Morgan fingerprint density at radius 3 is 2.40 bits per heavy atom. The Labute approximate surface area is 283 Å². The molecule has 3 heterocycles. The van der Waals surface area contributed by atoms with Crippen LogP contribution < -0.4 is 10.0 Å². The number of hydrogen-bond donors (Lipinski definition) is 3. The minimum Gasteiger partial charge on any atom is -0.383 e. The van der Waals surface area contributed by atoms with Gasteiger partial charge in [-0.3, -0.25) is 9.69 Å². The van der Waals surface area contributed by atoms with E-state index in [-0.39, 0.29) is 59.9 Å². The minimum absolute atomic E-state index is 0.00305. The van der Waals surface area contributed by atoms with E-state index in [4.69, 9.17) is 0 Å². The van der Waals surface area contributed by atoms with Gasteiger partial charge in [0.1, 0.15) is 11.4 Å². The van der Waals surface area contributed by atoms with Crippen LogP contribution in [0.25, 0.3) is 0 Å². The fourth-order valence-corrected chi connectivity index (χ4v) is 9.30. The van der Waals surface area contributed by atoms with Crippen LogP contribution in [0.2, 0.25) is 0 Å². The van der Waals surface area contributed by atoms with Crippen LogP contribution in [0, 0.1) is 17.7 Å². The average Bonchev–Trinajstić information content (AvgIpc) is 3.80. The fraction of sp³-hybridized carbons (Fsp3) is 0.556. The summed E-state index contributed by atoms with van der Waals surface area (Å²) in [6.07, 6.45) is 9.16. The Morgan fingerprint density at radius 1 is 1.08 bits per heavy atom. The third kappa shape index (κ3) is 7.03. The van der Waals surface area contributed by atoms with E-state index in [1.54, 1.807) is 30.3 Å². The van der Waals surface area contributed by atoms with Gasteiger partial charge in [-0.25, -0.2) is 22.3 Å². The lowest BCUT2D eigenvalue weighted by molar-refractivity contribution is -0.135. The summed E-state index contributed by atoms with van der Waals surface area (Å²) in [5.74, 6) is -0.563. The maximum absolute atomic E-state index is 14.4. The highest BCUT2D eigenvalue weighted by molar-refractivity contribution is 7.89. The molecule has 0 spiro atoms. The van der Waals surface area contributed by atoms with Crippen LogP contribution in [0.15, 0.2) is 66.1 Å². The first-order chi connectivity index (χ1) is 23.0. The number of sulfonamides is 1. The highest BCUT2D eigenvalue weighted by atomic mass is 32.2. The van der Waals surface area contributed by atoms with Crippen molar-refractivity contribution in [2.24, 2.45) is 11.8 Å². The van der Waals surface area contributed by atoms with Crippen LogP contribution in [-0.2, 0) is 27.0 Å². The van der Waals surface area contributed by atoms with E-state index in [9.17, 15) is 27.5 Å². The van der Waals surface area contributed by atoms with Gasteiger partial charge in [0.2, 0.25) is 15.9 Å². The highest BCUT2D eigenvalue weighted by Crippen LogP contribution is 2.44. The number of aliphatic hydroxyl groups is 1. The number of fused-ring (bicyclic) bond motifs is 2. The van der Waals surface area contributed by atoms with E-state index in [1.165, 1.54) is 31.3 Å². The summed E-state index contributed by atoms with van der Waals surface area (Å²) in [6.45, 7) is 5.75. The van der Waals surface area contributed by atoms with Gasteiger partial charge < -0.3 is 20.2 Å². The minimum atomic E-state index is -3.54. The number of urea groups is 1. The predicted molar refractivity (Wildman–Crippen MR) is 181 cm³/mol. The van der Waals surface area contributed by atoms with Gasteiger partial charge in [0.25, 0.3) is 0 Å². The number of halogens is 1. The summed E-state index contributed by atoms with van der Waals surface area (Å²) in [6, 6.07) is 12.8. The average molecular weight is 682 g/mol. The number of rotatable bonds is 11. The number of carbonyl (C=O) groups is 2. The standard InChI is InChI=1S/C36H48FN5O5S/c1-3-17-41(35(44)39-21-25-11-15-33(16-12-25)48(46,47)38-2)32-19-30-13-14-31(20-32)42(30)23-28-22-40(34(43)26-7-4-5-8-26)24-36(28,45)27-9-6-10-29(37)18-27/h3,6,9-12,15-16,18,26,28,30-32,38,45H,1,4-5,7-8,13-14,17,19-24H2,2H3,(H,39,44)/t28-,30-,31+,32?,36+/m1/s1. The van der Waals surface area contributed by atoms with Crippen molar-refractivity contribution >= 4 is 22.0 Å². The molecule has 3 amide bonds. The van der Waals surface area contributed by atoms with Crippen molar-refractivity contribution in [3.63, 3.8) is 0 Å². The third-order valence-electron chi connectivity index (χ3n) is 11.2. The quantitative estimate of drug-likeness (QED) is 0.309. The Kier molecular flexibility index (Phi) is 10.3. The lowest BCUT2D eigenvalue weighted by Crippen LogP contribution is -2.55. The molecule has 1 unspecified atom stereocenters. The van der Waals surface area contributed by atoms with Crippen LogP contribution >= 0.6 is 0 Å². The summed E-state index contributed by atoms with van der Waals surface area (Å²) in [5.41, 5.74) is -0.0464. The zero-order valence-corrected chi connectivity index (χ0v) is 28.5. The number of piperidine rings is 1. The molecule has 4 fully saturated rings. The maximum atomic E-state index is 14.4. The number of amides is 3. The van der Waals surface area contributed by atoms with Gasteiger partial charge in [0.05, 0.1) is 11.4 Å². The molecule has 4 aliphatic rings. The van der Waals surface area contributed by atoms with Crippen molar-refractivity contribution in [3.05, 3.63) is 78.1 Å². The highest BCUT2D eigenvalue weighted by Gasteiger charge is 2.52. The van der Waals surface area contributed by atoms with Gasteiger partial charge in [-0.1, -0.05) is 43.2 Å². The van der Waals surface area contributed by atoms with Gasteiger partial charge in [-0.15, -0.1) is 6.58 Å². The molecule has 2 aromatic carbocycles. The molecular formula is C36H48FN5O5S. The van der Waals surface area contributed by atoms with E-state index in [1.807, 2.05) is 9.80 Å². The van der Waals surface area contributed by atoms with Crippen molar-refractivity contribution in [1.29, 1.82) is 0 Å². The zero-order chi connectivity index (χ0) is 34.1. The molecule has 1 aliphatic carbocycles. The van der Waals surface area contributed by atoms with E-state index in [0.717, 1.165) is 56.9 Å². The van der Waals surface area contributed by atoms with Crippen molar-refractivity contribution < 1.29 is 27.5 Å². The molecule has 3 N–H and O–H groups in total. The largest absolute Gasteiger partial charge is 0.383 e. The number of β-amino-alcohol motifs (C(OH)–C–C–N with tert-alkyl or cyclic N) is 1. The molecule has 2 bridgehead atoms. The van der Waals surface area contributed by atoms with Crippen molar-refractivity contribution in [1.82, 2.24) is 24.7 Å². The molecule has 0 radical (unpaired) electrons. The second-order valence-corrected chi connectivity index (χ2v) is 15.9. The second kappa shape index (κ2) is 14.3. The SMILES string of the molecule is C=CCN(C(=O)NCc1ccc(S(=O)(=O)NC)cc1)C1C[C@H]2CC[C@@H](C1)N2C[C@H]1CN(C(=O)C2CCCC2)C[C@]1(O)c1cccc(F)c1. The van der Waals surface area contributed by atoms with E-state index >= 15 is 0 Å². The van der Waals surface area contributed by atoms with E-state index in [2.05, 4.69) is 21.5 Å². The molecule has 48 heavy (non-hydrogen) atoms. The normalized spacial score (nSPS) is 27.7. The molecule has 1 saturated carbocycles. The molecule has 2 aromatic rings. The molecule has 3 aliphatic heterocycles. The predicted octanol–water partition coefficient (Wildman–Crippen LogP) is 3.96. The molecule has 6 rings (SSSR count). The van der Waals surface area contributed by atoms with E-state index in [0.29, 0.717) is 25.2 Å². The third-order valence-corrected chi connectivity index (χ3v) is 12.6. The van der Waals surface area contributed by atoms with Crippen molar-refractivity contribution in [3.8, 4) is 0 Å². The second-order valence-electron chi connectivity index (χ2n) is 14.0. The molecule has 3 saturated heterocycles. The lowest BCUT2D eigenvalue weighted by Gasteiger charge is -2.45. The first-order valence-electron chi connectivity index (χ1n) is 17.2. The van der Waals surface area contributed by atoms with Gasteiger partial charge in [0.15, 0.2) is 0 Å². The Bertz CT molecular complexity index is 1590. The molecule has 10 nitrogen and oxygen atoms in total. The van der Waals surface area contributed by atoms with Crippen LogP contribution in [0.4, 0.5) is 9.18 Å². The summed E-state index contributed by atoms with van der Waals surface area (Å²) in [7, 11) is -2.17. The summed E-state index contributed by atoms with van der Waals surface area (Å²) >= 11 is 0. The van der Waals surface area contributed by atoms with Crippen LogP contribution in [0.1, 0.15) is 62.5 Å². The molecule has 12 heteroatoms. The Balaban J connectivity index is 1.13. The smallest absolute Gasteiger partial charge is 0.318 e. The van der Waals surface area contributed by atoms with Crippen LogP contribution in [-0.4, -0.2) is 91.5 Å². The monoisotopic (exact) mass is 681 g/mol. The topological polar surface area (TPSA) is 122 Å². The molecule has 260 valence electrons. The van der Waals surface area contributed by atoms with Gasteiger partial charge in [-0.2, -0.15) is 0 Å².